The third kappa shape index (κ3) is 5.23. The van der Waals surface area contributed by atoms with E-state index in [0.29, 0.717) is 6.04 Å². The molecular weight excluding hydrogens is 204 g/mol. The lowest BCUT2D eigenvalue weighted by Crippen LogP contribution is -2.44. The van der Waals surface area contributed by atoms with E-state index < -0.39 is 0 Å². The largest absolute Gasteiger partial charge is 0.313 e. The van der Waals surface area contributed by atoms with Crippen molar-refractivity contribution >= 4 is 11.8 Å². The van der Waals surface area contributed by atoms with Gasteiger partial charge in [0.15, 0.2) is 0 Å². The predicted octanol–water partition coefficient (Wildman–Crippen LogP) is 2.20. The zero-order chi connectivity index (χ0) is 11.1. The molecule has 1 N–H and O–H groups in total. The van der Waals surface area contributed by atoms with Crippen LogP contribution in [0.2, 0.25) is 0 Å². The summed E-state index contributed by atoms with van der Waals surface area (Å²) in [5.41, 5.74) is 0. The molecule has 2 atom stereocenters. The minimum atomic E-state index is 0.685. The second-order valence-electron chi connectivity index (χ2n) is 4.60. The summed E-state index contributed by atoms with van der Waals surface area (Å²) in [5, 5.41) is 3.60. The van der Waals surface area contributed by atoms with Crippen molar-refractivity contribution in [1.82, 2.24) is 10.2 Å². The zero-order valence-corrected chi connectivity index (χ0v) is 11.3. The van der Waals surface area contributed by atoms with Crippen molar-refractivity contribution in [2.45, 2.75) is 45.7 Å². The molecule has 0 amide bonds. The van der Waals surface area contributed by atoms with Gasteiger partial charge >= 0.3 is 0 Å². The second-order valence-corrected chi connectivity index (χ2v) is 5.75. The summed E-state index contributed by atoms with van der Waals surface area (Å²) in [4.78, 5) is 2.61. The highest BCUT2D eigenvalue weighted by Crippen LogP contribution is 2.14. The first kappa shape index (κ1) is 13.3. The van der Waals surface area contributed by atoms with Gasteiger partial charge in [0.1, 0.15) is 0 Å². The number of thioether (sulfide) groups is 1. The quantitative estimate of drug-likeness (QED) is 0.753. The molecule has 1 rings (SSSR count). The highest BCUT2D eigenvalue weighted by molar-refractivity contribution is 7.99. The zero-order valence-electron chi connectivity index (χ0n) is 10.5. The van der Waals surface area contributed by atoms with Crippen LogP contribution in [-0.4, -0.2) is 48.1 Å². The highest BCUT2D eigenvalue weighted by Gasteiger charge is 2.17. The number of nitrogens with zero attached hydrogens (tertiary/aromatic N) is 1. The van der Waals surface area contributed by atoms with E-state index in [1.807, 2.05) is 0 Å². The molecule has 90 valence electrons. The van der Waals surface area contributed by atoms with E-state index in [4.69, 9.17) is 0 Å². The van der Waals surface area contributed by atoms with Crippen LogP contribution in [0.3, 0.4) is 0 Å². The van der Waals surface area contributed by atoms with Gasteiger partial charge in [-0.05, 0) is 20.3 Å². The summed E-state index contributed by atoms with van der Waals surface area (Å²) in [6.45, 7) is 10.5. The predicted molar refractivity (Wildman–Crippen MR) is 70.7 cm³/mol. The number of rotatable bonds is 6. The summed E-state index contributed by atoms with van der Waals surface area (Å²) < 4.78 is 0. The van der Waals surface area contributed by atoms with Gasteiger partial charge in [-0.2, -0.15) is 11.8 Å². The Morgan fingerprint density at radius 2 is 2.33 bits per heavy atom. The number of hydrogen-bond acceptors (Lipinski definition) is 3. The third-order valence-electron chi connectivity index (χ3n) is 3.12. The van der Waals surface area contributed by atoms with Crippen LogP contribution in [0.25, 0.3) is 0 Å². The minimum absolute atomic E-state index is 0.685. The lowest BCUT2D eigenvalue weighted by Gasteiger charge is -2.33. The fourth-order valence-electron chi connectivity index (χ4n) is 2.08. The maximum atomic E-state index is 3.60. The van der Waals surface area contributed by atoms with Gasteiger partial charge in [-0.1, -0.05) is 13.3 Å². The Kier molecular flexibility index (Phi) is 6.69. The summed E-state index contributed by atoms with van der Waals surface area (Å²) in [7, 11) is 0. The lowest BCUT2D eigenvalue weighted by atomic mass is 10.2. The molecule has 2 unspecified atom stereocenters. The Labute approximate surface area is 99.2 Å². The lowest BCUT2D eigenvalue weighted by molar-refractivity contribution is 0.229. The third-order valence-corrected chi connectivity index (χ3v) is 4.31. The molecule has 0 aromatic heterocycles. The first-order chi connectivity index (χ1) is 7.24. The van der Waals surface area contributed by atoms with Gasteiger partial charge in [0.2, 0.25) is 0 Å². The molecule has 0 aromatic rings. The van der Waals surface area contributed by atoms with Crippen molar-refractivity contribution in [3.05, 3.63) is 0 Å². The molecule has 2 nitrogen and oxygen atoms in total. The molecule has 0 radical (unpaired) electrons. The molecule has 0 aliphatic carbocycles. The van der Waals surface area contributed by atoms with E-state index in [2.05, 4.69) is 42.7 Å². The average molecular weight is 230 g/mol. The van der Waals surface area contributed by atoms with Crippen molar-refractivity contribution in [3.63, 3.8) is 0 Å². The van der Waals surface area contributed by atoms with Crippen molar-refractivity contribution in [3.8, 4) is 0 Å². The number of nitrogens with one attached hydrogen (secondary N) is 1. The Morgan fingerprint density at radius 3 is 3.00 bits per heavy atom. The Bertz CT molecular complexity index is 164. The first-order valence-corrected chi connectivity index (χ1v) is 7.44. The number of hydrogen-bond donors (Lipinski definition) is 1. The van der Waals surface area contributed by atoms with Crippen LogP contribution in [0.5, 0.6) is 0 Å². The molecule has 15 heavy (non-hydrogen) atoms. The Hall–Kier alpha value is 0.270. The molecule has 0 bridgehead atoms. The van der Waals surface area contributed by atoms with Crippen LogP contribution in [-0.2, 0) is 0 Å². The van der Waals surface area contributed by atoms with Gasteiger partial charge < -0.3 is 5.32 Å². The molecule has 0 aromatic carbocycles. The highest BCUT2D eigenvalue weighted by atomic mass is 32.2. The van der Waals surface area contributed by atoms with Gasteiger partial charge in [-0.15, -0.1) is 0 Å². The molecule has 1 saturated heterocycles. The maximum absolute atomic E-state index is 3.60. The van der Waals surface area contributed by atoms with Crippen LogP contribution >= 0.6 is 11.8 Å². The van der Waals surface area contributed by atoms with E-state index in [1.54, 1.807) is 0 Å². The second kappa shape index (κ2) is 7.53. The van der Waals surface area contributed by atoms with E-state index in [1.165, 1.54) is 37.4 Å². The standard InChI is InChI=1S/C12H26N2S/c1-4-5-11(2)13-6-7-14-8-9-15-10-12(14)3/h11-13H,4-10H2,1-3H3. The minimum Gasteiger partial charge on any atom is -0.313 e. The molecule has 0 saturated carbocycles. The summed E-state index contributed by atoms with van der Waals surface area (Å²) >= 11 is 2.09. The summed E-state index contributed by atoms with van der Waals surface area (Å²) in [6, 6.07) is 1.46. The van der Waals surface area contributed by atoms with Crippen LogP contribution in [0.4, 0.5) is 0 Å². The molecule has 1 aliphatic rings. The van der Waals surface area contributed by atoms with Crippen molar-refractivity contribution in [1.29, 1.82) is 0 Å². The van der Waals surface area contributed by atoms with Crippen LogP contribution in [0.15, 0.2) is 0 Å². The molecule has 1 fully saturated rings. The average Bonchev–Trinajstić information content (AvgIpc) is 2.21. The fraction of sp³-hybridized carbons (Fsp3) is 1.00. The van der Waals surface area contributed by atoms with Crippen LogP contribution < -0.4 is 5.32 Å². The first-order valence-electron chi connectivity index (χ1n) is 6.29. The summed E-state index contributed by atoms with van der Waals surface area (Å²) in [5.74, 6) is 2.62. The SMILES string of the molecule is CCCC(C)NCCN1CCSCC1C. The van der Waals surface area contributed by atoms with Crippen LogP contribution in [0, 0.1) is 0 Å². The monoisotopic (exact) mass is 230 g/mol. The maximum Gasteiger partial charge on any atom is 0.0158 e. The van der Waals surface area contributed by atoms with Gasteiger partial charge in [0, 0.05) is 43.2 Å². The fourth-order valence-corrected chi connectivity index (χ4v) is 3.17. The Morgan fingerprint density at radius 1 is 1.53 bits per heavy atom. The van der Waals surface area contributed by atoms with E-state index in [0.717, 1.165) is 12.6 Å². The van der Waals surface area contributed by atoms with E-state index >= 15 is 0 Å². The molecule has 1 heterocycles. The molecule has 0 spiro atoms. The smallest absolute Gasteiger partial charge is 0.0158 e. The molecular formula is C12H26N2S. The van der Waals surface area contributed by atoms with Gasteiger partial charge in [-0.25, -0.2) is 0 Å². The van der Waals surface area contributed by atoms with Crippen molar-refractivity contribution < 1.29 is 0 Å². The van der Waals surface area contributed by atoms with Crippen molar-refractivity contribution in [2.75, 3.05) is 31.1 Å². The topological polar surface area (TPSA) is 15.3 Å². The summed E-state index contributed by atoms with van der Waals surface area (Å²) in [6.07, 6.45) is 2.58. The van der Waals surface area contributed by atoms with Gasteiger partial charge in [0.25, 0.3) is 0 Å². The van der Waals surface area contributed by atoms with Crippen molar-refractivity contribution in [2.24, 2.45) is 0 Å². The normalized spacial score (nSPS) is 25.4. The van der Waals surface area contributed by atoms with Gasteiger partial charge in [-0.3, -0.25) is 4.90 Å². The molecule has 1 aliphatic heterocycles. The van der Waals surface area contributed by atoms with Gasteiger partial charge in [0.05, 0.1) is 0 Å². The van der Waals surface area contributed by atoms with E-state index in [9.17, 15) is 0 Å². The Balaban J connectivity index is 2.08. The van der Waals surface area contributed by atoms with Crippen LogP contribution in [0.1, 0.15) is 33.6 Å². The molecule has 3 heteroatoms. The van der Waals surface area contributed by atoms with E-state index in [-0.39, 0.29) is 0 Å².